The summed E-state index contributed by atoms with van der Waals surface area (Å²) in [6.45, 7) is 1.37. The highest BCUT2D eigenvalue weighted by molar-refractivity contribution is 5.93. The number of nitrogens with zero attached hydrogens (tertiary/aromatic N) is 2. The smallest absolute Gasteiger partial charge is 0.290 e. The van der Waals surface area contributed by atoms with Crippen molar-refractivity contribution in [2.24, 2.45) is 0 Å². The summed E-state index contributed by atoms with van der Waals surface area (Å²) < 4.78 is 5.14. The second-order valence-electron chi connectivity index (χ2n) is 4.48. The minimum absolute atomic E-state index is 0.0802. The van der Waals surface area contributed by atoms with E-state index in [4.69, 9.17) is 4.74 Å². The van der Waals surface area contributed by atoms with Crippen LogP contribution in [0.15, 0.2) is 30.3 Å². The molecule has 0 spiro atoms. The fourth-order valence-corrected chi connectivity index (χ4v) is 1.57. The Morgan fingerprint density at radius 3 is 2.57 bits per heavy atom. The lowest BCUT2D eigenvalue weighted by Gasteiger charge is -2.07. The van der Waals surface area contributed by atoms with Gasteiger partial charge in [0.1, 0.15) is 5.75 Å². The van der Waals surface area contributed by atoms with Crippen LogP contribution in [0, 0.1) is 17.0 Å². The van der Waals surface area contributed by atoms with Crippen molar-refractivity contribution in [3.63, 3.8) is 0 Å². The number of aromatic amines is 1. The van der Waals surface area contributed by atoms with Crippen LogP contribution in [0.1, 0.15) is 16.2 Å². The topological polar surface area (TPSA) is 139 Å². The van der Waals surface area contributed by atoms with E-state index in [-0.39, 0.29) is 18.0 Å². The van der Waals surface area contributed by atoms with E-state index in [1.807, 2.05) is 0 Å². The minimum Gasteiger partial charge on any atom is -0.484 e. The molecular formula is C13H13N5O5. The number of nitro benzene ring substituents is 1. The van der Waals surface area contributed by atoms with E-state index >= 15 is 0 Å². The summed E-state index contributed by atoms with van der Waals surface area (Å²) in [6, 6.07) is 6.78. The van der Waals surface area contributed by atoms with Crippen LogP contribution < -0.4 is 15.6 Å². The highest BCUT2D eigenvalue weighted by Gasteiger charge is 2.11. The number of amides is 2. The highest BCUT2D eigenvalue weighted by Crippen LogP contribution is 2.16. The Bertz CT molecular complexity index is 725. The van der Waals surface area contributed by atoms with Gasteiger partial charge in [0.15, 0.2) is 12.3 Å². The van der Waals surface area contributed by atoms with Crippen LogP contribution in [0.25, 0.3) is 0 Å². The van der Waals surface area contributed by atoms with Crippen LogP contribution in [0.3, 0.4) is 0 Å². The Hall–Kier alpha value is -3.43. The van der Waals surface area contributed by atoms with Crippen LogP contribution in [-0.2, 0) is 4.79 Å². The zero-order valence-corrected chi connectivity index (χ0v) is 12.0. The average molecular weight is 319 g/mol. The molecule has 1 heterocycles. The molecule has 0 bridgehead atoms. The molecule has 2 aromatic rings. The molecule has 120 valence electrons. The number of non-ortho nitro benzene ring substituents is 1. The molecule has 1 aromatic carbocycles. The molecule has 10 heteroatoms. The molecule has 2 amide bonds. The van der Waals surface area contributed by atoms with Gasteiger partial charge in [-0.05, 0) is 25.1 Å². The van der Waals surface area contributed by atoms with Gasteiger partial charge in [-0.1, -0.05) is 0 Å². The van der Waals surface area contributed by atoms with E-state index < -0.39 is 16.7 Å². The highest BCUT2D eigenvalue weighted by atomic mass is 16.6. The first-order valence-electron chi connectivity index (χ1n) is 6.44. The Kier molecular flexibility index (Phi) is 4.87. The van der Waals surface area contributed by atoms with Gasteiger partial charge >= 0.3 is 0 Å². The third kappa shape index (κ3) is 4.52. The Morgan fingerprint density at radius 1 is 1.30 bits per heavy atom. The quantitative estimate of drug-likeness (QED) is 0.540. The lowest BCUT2D eigenvalue weighted by molar-refractivity contribution is -0.384. The van der Waals surface area contributed by atoms with Crippen molar-refractivity contribution in [1.82, 2.24) is 21.0 Å². The fourth-order valence-electron chi connectivity index (χ4n) is 1.57. The molecule has 3 N–H and O–H groups in total. The summed E-state index contributed by atoms with van der Waals surface area (Å²) in [5, 5.41) is 16.8. The molecule has 0 aliphatic heterocycles. The van der Waals surface area contributed by atoms with E-state index in [0.717, 1.165) is 0 Å². The van der Waals surface area contributed by atoms with Gasteiger partial charge < -0.3 is 4.74 Å². The number of benzene rings is 1. The van der Waals surface area contributed by atoms with Crippen LogP contribution in [-0.4, -0.2) is 33.5 Å². The van der Waals surface area contributed by atoms with Gasteiger partial charge in [0.25, 0.3) is 17.5 Å². The summed E-state index contributed by atoms with van der Waals surface area (Å²) in [4.78, 5) is 33.1. The second-order valence-corrected chi connectivity index (χ2v) is 4.48. The zero-order valence-electron chi connectivity index (χ0n) is 12.0. The molecule has 10 nitrogen and oxygen atoms in total. The van der Waals surface area contributed by atoms with Crippen molar-refractivity contribution >= 4 is 17.5 Å². The normalized spacial score (nSPS) is 9.96. The fraction of sp³-hybridized carbons (Fsp3) is 0.154. The van der Waals surface area contributed by atoms with Gasteiger partial charge in [-0.15, -0.1) is 0 Å². The molecule has 0 aliphatic rings. The number of nitrogens with one attached hydrogen (secondary N) is 3. The molecule has 0 aliphatic carbocycles. The summed E-state index contributed by atoms with van der Waals surface area (Å²) in [5.74, 6) is -0.873. The lowest BCUT2D eigenvalue weighted by atomic mass is 10.3. The monoisotopic (exact) mass is 319 g/mol. The van der Waals surface area contributed by atoms with Gasteiger partial charge in [0.05, 0.1) is 4.92 Å². The molecule has 0 radical (unpaired) electrons. The van der Waals surface area contributed by atoms with E-state index in [2.05, 4.69) is 21.0 Å². The third-order valence-corrected chi connectivity index (χ3v) is 2.67. The standard InChI is InChI=1S/C13H13N5O5/c1-8-6-11(15-14-8)13(20)17-16-12(19)7-23-10-4-2-9(3-5-10)18(21)22/h2-6H,7H2,1H3,(H,14,15)(H,16,19)(H,17,20). The van der Waals surface area contributed by atoms with Crippen LogP contribution in [0.4, 0.5) is 5.69 Å². The van der Waals surface area contributed by atoms with Gasteiger partial charge in [0, 0.05) is 17.8 Å². The predicted octanol–water partition coefficient (Wildman–Crippen LogP) is 0.466. The molecule has 0 saturated carbocycles. The summed E-state index contributed by atoms with van der Waals surface area (Å²) in [7, 11) is 0. The maximum atomic E-state index is 11.6. The molecule has 1 aromatic heterocycles. The number of ether oxygens (including phenoxy) is 1. The maximum Gasteiger partial charge on any atom is 0.290 e. The first-order chi connectivity index (χ1) is 11.0. The number of aromatic nitrogens is 2. The molecule has 0 fully saturated rings. The number of carbonyl (C=O) groups excluding carboxylic acids is 2. The summed E-state index contributed by atoms with van der Waals surface area (Å²) in [6.07, 6.45) is 0. The van der Waals surface area contributed by atoms with Gasteiger partial charge in [-0.2, -0.15) is 5.10 Å². The Labute approximate surface area is 130 Å². The Morgan fingerprint density at radius 2 is 2.00 bits per heavy atom. The Balaban J connectivity index is 1.76. The number of hydrogen-bond donors (Lipinski definition) is 3. The van der Waals surface area contributed by atoms with Crippen molar-refractivity contribution in [1.29, 1.82) is 0 Å². The van der Waals surface area contributed by atoms with Crippen molar-refractivity contribution < 1.29 is 19.2 Å². The second kappa shape index (κ2) is 7.02. The van der Waals surface area contributed by atoms with E-state index in [0.29, 0.717) is 11.4 Å². The molecule has 0 saturated heterocycles. The number of H-pyrrole nitrogens is 1. The number of carbonyl (C=O) groups is 2. The van der Waals surface area contributed by atoms with E-state index in [1.54, 1.807) is 6.92 Å². The third-order valence-electron chi connectivity index (χ3n) is 2.67. The molecule has 0 atom stereocenters. The molecule has 0 unspecified atom stereocenters. The zero-order chi connectivity index (χ0) is 16.8. The first-order valence-corrected chi connectivity index (χ1v) is 6.44. The average Bonchev–Trinajstić information content (AvgIpc) is 2.97. The van der Waals surface area contributed by atoms with Gasteiger partial charge in [-0.3, -0.25) is 35.7 Å². The molecule has 2 rings (SSSR count). The van der Waals surface area contributed by atoms with Crippen molar-refractivity contribution in [3.05, 3.63) is 51.8 Å². The lowest BCUT2D eigenvalue weighted by Crippen LogP contribution is -2.44. The largest absolute Gasteiger partial charge is 0.484 e. The van der Waals surface area contributed by atoms with Crippen LogP contribution in [0.5, 0.6) is 5.75 Å². The van der Waals surface area contributed by atoms with Crippen LogP contribution >= 0.6 is 0 Å². The number of hydrazine groups is 1. The van der Waals surface area contributed by atoms with E-state index in [9.17, 15) is 19.7 Å². The molecule has 23 heavy (non-hydrogen) atoms. The SMILES string of the molecule is Cc1cc(C(=O)NNC(=O)COc2ccc([N+](=O)[O-])cc2)n[nH]1. The van der Waals surface area contributed by atoms with Gasteiger partial charge in [-0.25, -0.2) is 0 Å². The number of nitro groups is 1. The summed E-state index contributed by atoms with van der Waals surface area (Å²) in [5.41, 5.74) is 5.12. The van der Waals surface area contributed by atoms with Crippen molar-refractivity contribution in [2.75, 3.05) is 6.61 Å². The minimum atomic E-state index is -0.594. The van der Waals surface area contributed by atoms with Gasteiger partial charge in [0.2, 0.25) is 0 Å². The van der Waals surface area contributed by atoms with Crippen LogP contribution in [0.2, 0.25) is 0 Å². The first kappa shape index (κ1) is 15.9. The predicted molar refractivity (Wildman–Crippen MR) is 77.5 cm³/mol. The van der Waals surface area contributed by atoms with Crippen molar-refractivity contribution in [3.8, 4) is 5.75 Å². The number of rotatable bonds is 5. The maximum absolute atomic E-state index is 11.6. The van der Waals surface area contributed by atoms with Crippen molar-refractivity contribution in [2.45, 2.75) is 6.92 Å². The molecular weight excluding hydrogens is 306 g/mol. The number of hydrogen-bond acceptors (Lipinski definition) is 6. The number of aryl methyl sites for hydroxylation is 1. The summed E-state index contributed by atoms with van der Waals surface area (Å²) >= 11 is 0. The van der Waals surface area contributed by atoms with E-state index in [1.165, 1.54) is 30.3 Å².